The molecule has 1 aromatic rings. The van der Waals surface area contributed by atoms with Crippen molar-refractivity contribution in [2.24, 2.45) is 11.8 Å². The van der Waals surface area contributed by atoms with Gasteiger partial charge in [0.15, 0.2) is 0 Å². The Morgan fingerprint density at radius 1 is 1.35 bits per heavy atom. The predicted octanol–water partition coefficient (Wildman–Crippen LogP) is 2.83. The summed E-state index contributed by atoms with van der Waals surface area (Å²) in [6, 6.07) is 0. The lowest BCUT2D eigenvalue weighted by Crippen LogP contribution is -2.33. The van der Waals surface area contributed by atoms with E-state index in [0.29, 0.717) is 17.4 Å². The molecule has 1 aromatic heterocycles. The van der Waals surface area contributed by atoms with Crippen LogP contribution in [0.4, 0.5) is 0 Å². The fraction of sp³-hybridized carbons (Fsp3) is 0.800. The maximum absolute atomic E-state index is 10.6. The van der Waals surface area contributed by atoms with Crippen molar-refractivity contribution in [3.63, 3.8) is 0 Å². The van der Waals surface area contributed by atoms with Gasteiger partial charge in [-0.3, -0.25) is 4.68 Å². The summed E-state index contributed by atoms with van der Waals surface area (Å²) < 4.78 is 7.71. The minimum atomic E-state index is -0.455. The first-order chi connectivity index (χ1) is 9.36. The zero-order valence-electron chi connectivity index (χ0n) is 12.9. The number of ether oxygens (including phenoxy) is 1. The van der Waals surface area contributed by atoms with E-state index in [2.05, 4.69) is 18.9 Å². The third kappa shape index (κ3) is 2.74. The number of hydrogen-bond donors (Lipinski definition) is 1. The average Bonchev–Trinajstić information content (AvgIpc) is 2.80. The Balaban J connectivity index is 2.18. The second-order valence-corrected chi connectivity index (χ2v) is 6.29. The normalized spacial score (nSPS) is 31.8. The summed E-state index contributed by atoms with van der Waals surface area (Å²) in [6.07, 6.45) is 0.345. The van der Waals surface area contributed by atoms with E-state index < -0.39 is 6.10 Å². The molecule has 5 unspecified atom stereocenters. The fourth-order valence-corrected chi connectivity index (χ4v) is 3.57. The van der Waals surface area contributed by atoms with Gasteiger partial charge >= 0.3 is 0 Å². The summed E-state index contributed by atoms with van der Waals surface area (Å²) in [7, 11) is 0. The zero-order valence-corrected chi connectivity index (χ0v) is 13.7. The molecule has 0 radical (unpaired) electrons. The summed E-state index contributed by atoms with van der Waals surface area (Å²) in [5.74, 6) is 0.486. The lowest BCUT2D eigenvalue weighted by atomic mass is 9.83. The Kier molecular flexibility index (Phi) is 4.77. The van der Waals surface area contributed by atoms with Crippen molar-refractivity contribution < 1.29 is 9.84 Å². The molecule has 0 saturated carbocycles. The molecule has 1 aliphatic heterocycles. The summed E-state index contributed by atoms with van der Waals surface area (Å²) >= 11 is 6.32. The fourth-order valence-electron chi connectivity index (χ4n) is 3.36. The second-order valence-electron chi connectivity index (χ2n) is 5.92. The standard InChI is InChI=1S/C15H25ClN2O2/c1-6-18-12(15(16)9(3)17-18)7-13(19)14-8(2)10(4)20-11(14)5/h8,10-11,13-14,19H,6-7H2,1-5H3. The first-order valence-corrected chi connectivity index (χ1v) is 7.79. The van der Waals surface area contributed by atoms with Gasteiger partial charge in [-0.25, -0.2) is 0 Å². The lowest BCUT2D eigenvalue weighted by Gasteiger charge is -2.25. The molecular weight excluding hydrogens is 276 g/mol. The minimum Gasteiger partial charge on any atom is -0.392 e. The van der Waals surface area contributed by atoms with E-state index in [1.54, 1.807) is 0 Å². The number of halogens is 1. The van der Waals surface area contributed by atoms with Crippen LogP contribution in [-0.4, -0.2) is 33.2 Å². The van der Waals surface area contributed by atoms with E-state index in [1.165, 1.54) is 0 Å². The highest BCUT2D eigenvalue weighted by atomic mass is 35.5. The SMILES string of the molecule is CCn1nc(C)c(Cl)c1CC(O)C1C(C)OC(C)C1C. The van der Waals surface area contributed by atoms with E-state index in [9.17, 15) is 5.11 Å². The Morgan fingerprint density at radius 3 is 2.50 bits per heavy atom. The highest BCUT2D eigenvalue weighted by Gasteiger charge is 2.41. The molecule has 5 atom stereocenters. The third-order valence-electron chi connectivity index (χ3n) is 4.62. The molecule has 4 nitrogen and oxygen atoms in total. The van der Waals surface area contributed by atoms with Gasteiger partial charge in [0, 0.05) is 18.9 Å². The molecular formula is C15H25ClN2O2. The van der Waals surface area contributed by atoms with Crippen molar-refractivity contribution in [1.82, 2.24) is 9.78 Å². The van der Waals surface area contributed by atoms with Crippen LogP contribution < -0.4 is 0 Å². The van der Waals surface area contributed by atoms with Gasteiger partial charge in [0.25, 0.3) is 0 Å². The highest BCUT2D eigenvalue weighted by Crippen LogP contribution is 2.36. The van der Waals surface area contributed by atoms with E-state index in [0.717, 1.165) is 17.9 Å². The van der Waals surface area contributed by atoms with Crippen LogP contribution in [0.5, 0.6) is 0 Å². The van der Waals surface area contributed by atoms with Crippen LogP contribution in [0.3, 0.4) is 0 Å². The summed E-state index contributed by atoms with van der Waals surface area (Å²) in [4.78, 5) is 0. The quantitative estimate of drug-likeness (QED) is 0.930. The summed E-state index contributed by atoms with van der Waals surface area (Å²) in [6.45, 7) is 10.9. The van der Waals surface area contributed by atoms with Crippen LogP contribution in [0, 0.1) is 18.8 Å². The average molecular weight is 301 g/mol. The van der Waals surface area contributed by atoms with E-state index in [1.807, 2.05) is 25.5 Å². The molecule has 5 heteroatoms. The molecule has 1 fully saturated rings. The van der Waals surface area contributed by atoms with Gasteiger partial charge in [0.2, 0.25) is 0 Å². The number of aryl methyl sites for hydroxylation is 2. The maximum Gasteiger partial charge on any atom is 0.0848 e. The van der Waals surface area contributed by atoms with Crippen molar-refractivity contribution in [2.75, 3.05) is 0 Å². The molecule has 114 valence electrons. The predicted molar refractivity (Wildman–Crippen MR) is 80.0 cm³/mol. The third-order valence-corrected chi connectivity index (χ3v) is 5.11. The smallest absolute Gasteiger partial charge is 0.0848 e. The van der Waals surface area contributed by atoms with Gasteiger partial charge in [-0.1, -0.05) is 18.5 Å². The molecule has 0 bridgehead atoms. The van der Waals surface area contributed by atoms with Crippen LogP contribution in [0.25, 0.3) is 0 Å². The second kappa shape index (κ2) is 6.04. The maximum atomic E-state index is 10.6. The molecule has 2 heterocycles. The molecule has 0 amide bonds. The number of aliphatic hydroxyl groups excluding tert-OH is 1. The molecule has 0 aliphatic carbocycles. The molecule has 2 rings (SSSR count). The first kappa shape index (κ1) is 15.8. The van der Waals surface area contributed by atoms with Crippen LogP contribution in [-0.2, 0) is 17.7 Å². The molecule has 0 spiro atoms. The van der Waals surface area contributed by atoms with Gasteiger partial charge in [0.1, 0.15) is 0 Å². The Bertz CT molecular complexity index is 475. The Morgan fingerprint density at radius 2 is 2.00 bits per heavy atom. The summed E-state index contributed by atoms with van der Waals surface area (Å²) in [5, 5.41) is 15.7. The van der Waals surface area contributed by atoms with E-state index in [4.69, 9.17) is 16.3 Å². The molecule has 1 N–H and O–H groups in total. The first-order valence-electron chi connectivity index (χ1n) is 7.42. The van der Waals surface area contributed by atoms with Crippen LogP contribution >= 0.6 is 11.6 Å². The van der Waals surface area contributed by atoms with Crippen LogP contribution in [0.2, 0.25) is 5.02 Å². The molecule has 1 saturated heterocycles. The van der Waals surface area contributed by atoms with Crippen molar-refractivity contribution in [3.05, 3.63) is 16.4 Å². The minimum absolute atomic E-state index is 0.0767. The monoisotopic (exact) mass is 300 g/mol. The van der Waals surface area contributed by atoms with Crippen LogP contribution in [0.15, 0.2) is 0 Å². The van der Waals surface area contributed by atoms with Gasteiger partial charge in [-0.15, -0.1) is 0 Å². The Labute approximate surface area is 126 Å². The van der Waals surface area contributed by atoms with Gasteiger partial charge in [-0.05, 0) is 33.6 Å². The van der Waals surface area contributed by atoms with Crippen LogP contribution in [0.1, 0.15) is 39.1 Å². The summed E-state index contributed by atoms with van der Waals surface area (Å²) in [5.41, 5.74) is 1.76. The van der Waals surface area contributed by atoms with Crippen molar-refractivity contribution in [3.8, 4) is 0 Å². The van der Waals surface area contributed by atoms with Crippen molar-refractivity contribution in [1.29, 1.82) is 0 Å². The number of rotatable bonds is 4. The number of nitrogens with zero attached hydrogens (tertiary/aromatic N) is 2. The van der Waals surface area contributed by atoms with E-state index in [-0.39, 0.29) is 18.1 Å². The number of aromatic nitrogens is 2. The molecule has 1 aliphatic rings. The zero-order chi connectivity index (χ0) is 15.0. The largest absolute Gasteiger partial charge is 0.392 e. The molecule has 20 heavy (non-hydrogen) atoms. The number of hydrogen-bond acceptors (Lipinski definition) is 3. The topological polar surface area (TPSA) is 47.3 Å². The Hall–Kier alpha value is -0.580. The lowest BCUT2D eigenvalue weighted by molar-refractivity contribution is 0.0234. The van der Waals surface area contributed by atoms with E-state index >= 15 is 0 Å². The number of aliphatic hydroxyl groups is 1. The van der Waals surface area contributed by atoms with Crippen molar-refractivity contribution in [2.45, 2.75) is 65.9 Å². The van der Waals surface area contributed by atoms with Gasteiger partial charge < -0.3 is 9.84 Å². The van der Waals surface area contributed by atoms with Gasteiger partial charge in [-0.2, -0.15) is 5.10 Å². The molecule has 0 aromatic carbocycles. The highest BCUT2D eigenvalue weighted by molar-refractivity contribution is 6.31. The van der Waals surface area contributed by atoms with Gasteiger partial charge in [0.05, 0.1) is 34.7 Å². The van der Waals surface area contributed by atoms with Crippen molar-refractivity contribution >= 4 is 11.6 Å².